The zero-order chi connectivity index (χ0) is 21.8. The van der Waals surface area contributed by atoms with Crippen molar-refractivity contribution in [1.82, 2.24) is 20.6 Å². The third-order valence-electron chi connectivity index (χ3n) is 7.11. The molecule has 4 aliphatic rings. The minimum atomic E-state index is -0.404. The molecular weight excluding hydrogens is 395 g/mol. The Kier molecular flexibility index (Phi) is 4.61. The highest BCUT2D eigenvalue weighted by atomic mass is 19.1. The Bertz CT molecular complexity index is 1040. The fourth-order valence-electron chi connectivity index (χ4n) is 6.61. The summed E-state index contributed by atoms with van der Waals surface area (Å²) in [7, 11) is 0. The number of aryl methyl sites for hydroxylation is 2. The Balaban J connectivity index is 1.38. The van der Waals surface area contributed by atoms with Crippen LogP contribution in [0.3, 0.4) is 0 Å². The molecule has 2 amide bonds. The van der Waals surface area contributed by atoms with Crippen molar-refractivity contribution < 1.29 is 14.0 Å². The van der Waals surface area contributed by atoms with Gasteiger partial charge in [-0.05, 0) is 88.0 Å². The Morgan fingerprint density at radius 3 is 2.23 bits per heavy atom. The van der Waals surface area contributed by atoms with E-state index in [1.54, 1.807) is 19.2 Å². The SMILES string of the molecule is Cc1cc(F)cc(C(=O)NC23CC4CC(C2)CC(NC(=O)c2cncc(C)n2)(C4)C3)c1. The molecule has 6 rings (SSSR count). The fourth-order valence-corrected chi connectivity index (χ4v) is 6.61. The summed E-state index contributed by atoms with van der Waals surface area (Å²) in [6.45, 7) is 3.59. The molecule has 2 N–H and O–H groups in total. The summed E-state index contributed by atoms with van der Waals surface area (Å²) < 4.78 is 13.8. The van der Waals surface area contributed by atoms with Crippen molar-refractivity contribution in [3.05, 3.63) is 58.9 Å². The lowest BCUT2D eigenvalue weighted by Crippen LogP contribution is -2.69. The number of nitrogens with zero attached hydrogens (tertiary/aromatic N) is 2. The molecule has 4 bridgehead atoms. The highest BCUT2D eigenvalue weighted by Gasteiger charge is 2.58. The van der Waals surface area contributed by atoms with Crippen molar-refractivity contribution in [2.24, 2.45) is 11.8 Å². The van der Waals surface area contributed by atoms with Crippen molar-refractivity contribution >= 4 is 11.8 Å². The smallest absolute Gasteiger partial charge is 0.271 e. The van der Waals surface area contributed by atoms with Gasteiger partial charge in [-0.25, -0.2) is 9.37 Å². The minimum Gasteiger partial charge on any atom is -0.346 e. The summed E-state index contributed by atoms with van der Waals surface area (Å²) in [5, 5.41) is 6.53. The number of carbonyl (C=O) groups is 2. The largest absolute Gasteiger partial charge is 0.346 e. The van der Waals surface area contributed by atoms with E-state index < -0.39 is 5.82 Å². The van der Waals surface area contributed by atoms with Crippen LogP contribution < -0.4 is 10.6 Å². The van der Waals surface area contributed by atoms with Gasteiger partial charge in [-0.2, -0.15) is 0 Å². The van der Waals surface area contributed by atoms with E-state index in [1.165, 1.54) is 18.3 Å². The summed E-state index contributed by atoms with van der Waals surface area (Å²) >= 11 is 0. The predicted octanol–water partition coefficient (Wildman–Crippen LogP) is 3.48. The van der Waals surface area contributed by atoms with Gasteiger partial charge in [-0.3, -0.25) is 14.6 Å². The third kappa shape index (κ3) is 3.82. The number of hydrogen-bond donors (Lipinski definition) is 2. The van der Waals surface area contributed by atoms with E-state index in [0.29, 0.717) is 35.2 Å². The second-order valence-electron chi connectivity index (χ2n) is 9.99. The van der Waals surface area contributed by atoms with E-state index in [9.17, 15) is 14.0 Å². The van der Waals surface area contributed by atoms with Gasteiger partial charge in [0.2, 0.25) is 0 Å². The van der Waals surface area contributed by atoms with Gasteiger partial charge in [0, 0.05) is 22.8 Å². The van der Waals surface area contributed by atoms with Crippen LogP contribution in [0.5, 0.6) is 0 Å². The molecule has 1 heterocycles. The number of rotatable bonds is 4. The van der Waals surface area contributed by atoms with Crippen LogP contribution in [0.15, 0.2) is 30.6 Å². The van der Waals surface area contributed by atoms with E-state index in [0.717, 1.165) is 37.7 Å². The number of carbonyl (C=O) groups excluding carboxylic acids is 2. The standard InChI is InChI=1S/C24H27FN4O2/c1-14-3-18(6-19(25)4-14)21(30)28-23-7-16-5-17(8-23)10-24(9-16,13-23)29-22(31)20-12-26-11-15(2)27-20/h3-4,6,11-12,16-17H,5,7-10,13H2,1-2H3,(H,28,30)(H,29,31). The molecule has 4 aliphatic carbocycles. The van der Waals surface area contributed by atoms with Gasteiger partial charge in [-0.1, -0.05) is 0 Å². The highest BCUT2D eigenvalue weighted by molar-refractivity contribution is 5.95. The Labute approximate surface area is 181 Å². The maximum atomic E-state index is 13.8. The summed E-state index contributed by atoms with van der Waals surface area (Å²) in [5.41, 5.74) is 1.38. The maximum absolute atomic E-state index is 13.8. The lowest BCUT2D eigenvalue weighted by Gasteiger charge is -2.62. The van der Waals surface area contributed by atoms with Crippen LogP contribution in [-0.2, 0) is 0 Å². The zero-order valence-electron chi connectivity index (χ0n) is 17.9. The second-order valence-corrected chi connectivity index (χ2v) is 9.99. The third-order valence-corrected chi connectivity index (χ3v) is 7.11. The average molecular weight is 423 g/mol. The van der Waals surface area contributed by atoms with E-state index in [-0.39, 0.29) is 22.9 Å². The van der Waals surface area contributed by atoms with Crippen LogP contribution in [0, 0.1) is 31.5 Å². The first kappa shape index (κ1) is 20.1. The topological polar surface area (TPSA) is 84.0 Å². The first-order valence-corrected chi connectivity index (χ1v) is 10.9. The molecule has 1 aromatic carbocycles. The van der Waals surface area contributed by atoms with E-state index >= 15 is 0 Å². The lowest BCUT2D eigenvalue weighted by atomic mass is 9.49. The molecule has 7 heteroatoms. The van der Waals surface area contributed by atoms with Gasteiger partial charge in [0.05, 0.1) is 11.9 Å². The molecule has 4 saturated carbocycles. The maximum Gasteiger partial charge on any atom is 0.271 e. The lowest BCUT2D eigenvalue weighted by molar-refractivity contribution is -0.0448. The molecule has 2 atom stereocenters. The summed E-state index contributed by atoms with van der Waals surface area (Å²) in [6, 6.07) is 4.42. The molecule has 6 nitrogen and oxygen atoms in total. The summed E-state index contributed by atoms with van der Waals surface area (Å²) in [4.78, 5) is 34.4. The average Bonchev–Trinajstić information content (AvgIpc) is 2.65. The van der Waals surface area contributed by atoms with Gasteiger partial charge in [0.1, 0.15) is 11.5 Å². The first-order chi connectivity index (χ1) is 14.7. The number of nitrogens with one attached hydrogen (secondary N) is 2. The summed E-state index contributed by atoms with van der Waals surface area (Å²) in [6.07, 6.45) is 8.61. The van der Waals surface area contributed by atoms with Gasteiger partial charge >= 0.3 is 0 Å². The van der Waals surface area contributed by atoms with Gasteiger partial charge in [-0.15, -0.1) is 0 Å². The number of aromatic nitrogens is 2. The van der Waals surface area contributed by atoms with Crippen molar-refractivity contribution in [2.75, 3.05) is 0 Å². The number of halogens is 1. The van der Waals surface area contributed by atoms with Crippen molar-refractivity contribution in [3.8, 4) is 0 Å². The quantitative estimate of drug-likeness (QED) is 0.790. The predicted molar refractivity (Wildman–Crippen MR) is 113 cm³/mol. The normalized spacial score (nSPS) is 30.8. The second kappa shape index (κ2) is 7.11. The van der Waals surface area contributed by atoms with Crippen molar-refractivity contribution in [3.63, 3.8) is 0 Å². The fraction of sp³-hybridized carbons (Fsp3) is 0.500. The van der Waals surface area contributed by atoms with Gasteiger partial charge in [0.15, 0.2) is 0 Å². The molecule has 0 spiro atoms. The van der Waals surface area contributed by atoms with Gasteiger partial charge < -0.3 is 10.6 Å². The molecule has 2 unspecified atom stereocenters. The van der Waals surface area contributed by atoms with Crippen LogP contribution in [0.2, 0.25) is 0 Å². The van der Waals surface area contributed by atoms with E-state index in [1.807, 2.05) is 6.92 Å². The molecule has 2 aromatic rings. The zero-order valence-corrected chi connectivity index (χ0v) is 17.9. The molecule has 162 valence electrons. The molecule has 1 aromatic heterocycles. The Morgan fingerprint density at radius 2 is 1.61 bits per heavy atom. The van der Waals surface area contributed by atoms with Crippen LogP contribution >= 0.6 is 0 Å². The first-order valence-electron chi connectivity index (χ1n) is 10.9. The Morgan fingerprint density at radius 1 is 0.968 bits per heavy atom. The van der Waals surface area contributed by atoms with Gasteiger partial charge in [0.25, 0.3) is 11.8 Å². The van der Waals surface area contributed by atoms with Crippen molar-refractivity contribution in [1.29, 1.82) is 0 Å². The molecule has 4 fully saturated rings. The van der Waals surface area contributed by atoms with E-state index in [4.69, 9.17) is 0 Å². The van der Waals surface area contributed by atoms with Crippen LogP contribution in [0.4, 0.5) is 4.39 Å². The molecule has 0 radical (unpaired) electrons. The molecule has 0 aliphatic heterocycles. The molecule has 31 heavy (non-hydrogen) atoms. The monoisotopic (exact) mass is 422 g/mol. The van der Waals surface area contributed by atoms with E-state index in [2.05, 4.69) is 20.6 Å². The number of amides is 2. The molecular formula is C24H27FN4O2. The van der Waals surface area contributed by atoms with Crippen LogP contribution in [0.25, 0.3) is 0 Å². The Hall–Kier alpha value is -2.83. The number of hydrogen-bond acceptors (Lipinski definition) is 4. The molecule has 0 saturated heterocycles. The minimum absolute atomic E-state index is 0.208. The van der Waals surface area contributed by atoms with Crippen LogP contribution in [0.1, 0.15) is 70.6 Å². The number of benzene rings is 1. The summed E-state index contributed by atoms with van der Waals surface area (Å²) in [5.74, 6) is 0.0639. The van der Waals surface area contributed by atoms with Crippen molar-refractivity contribution in [2.45, 2.75) is 63.5 Å². The van der Waals surface area contributed by atoms with Crippen LogP contribution in [-0.4, -0.2) is 32.9 Å². The highest BCUT2D eigenvalue weighted by Crippen LogP contribution is 2.57.